The van der Waals surface area contributed by atoms with E-state index < -0.39 is 0 Å². The summed E-state index contributed by atoms with van der Waals surface area (Å²) in [5, 5.41) is 10.3. The van der Waals surface area contributed by atoms with E-state index in [1.165, 1.54) is 0 Å². The van der Waals surface area contributed by atoms with Gasteiger partial charge in [-0.15, -0.1) is 0 Å². The second kappa shape index (κ2) is 9.75. The van der Waals surface area contributed by atoms with E-state index in [9.17, 15) is 10.1 Å². The smallest absolute Gasteiger partial charge is 0.330 e. The van der Waals surface area contributed by atoms with Crippen molar-refractivity contribution < 1.29 is 4.79 Å². The Morgan fingerprint density at radius 3 is 2.70 bits per heavy atom. The minimum atomic E-state index is -0.129. The van der Waals surface area contributed by atoms with Crippen molar-refractivity contribution in [2.24, 2.45) is 5.92 Å². The van der Waals surface area contributed by atoms with Crippen molar-refractivity contribution in [3.63, 3.8) is 0 Å². The first-order chi connectivity index (χ1) is 18.1. The van der Waals surface area contributed by atoms with Crippen molar-refractivity contribution in [1.82, 2.24) is 24.8 Å². The van der Waals surface area contributed by atoms with E-state index >= 15 is 0 Å². The van der Waals surface area contributed by atoms with Crippen LogP contribution < -0.4 is 9.80 Å². The van der Waals surface area contributed by atoms with Crippen LogP contribution in [0.5, 0.6) is 0 Å². The molecule has 0 radical (unpaired) electrons. The zero-order valence-corrected chi connectivity index (χ0v) is 21.5. The fraction of sp³-hybridized carbons (Fsp3) is 0.259. The molecule has 9 nitrogen and oxygen atoms in total. The third-order valence-corrected chi connectivity index (χ3v) is 7.48. The van der Waals surface area contributed by atoms with Gasteiger partial charge in [0.1, 0.15) is 29.7 Å². The van der Waals surface area contributed by atoms with Gasteiger partial charge in [0.15, 0.2) is 0 Å². The van der Waals surface area contributed by atoms with Crippen LogP contribution in [0.15, 0.2) is 65.7 Å². The maximum absolute atomic E-state index is 13.7. The monoisotopic (exact) mass is 554 g/mol. The van der Waals surface area contributed by atoms with Crippen LogP contribution in [-0.4, -0.2) is 50.5 Å². The Morgan fingerprint density at radius 2 is 1.86 bits per heavy atom. The summed E-state index contributed by atoms with van der Waals surface area (Å²) in [5.74, 6) is 1.93. The Kier molecular flexibility index (Phi) is 6.14. The van der Waals surface area contributed by atoms with Crippen molar-refractivity contribution in [2.75, 3.05) is 29.4 Å². The highest BCUT2D eigenvalue weighted by molar-refractivity contribution is 9.10. The van der Waals surface area contributed by atoms with Crippen molar-refractivity contribution in [1.29, 1.82) is 5.26 Å². The predicted molar refractivity (Wildman–Crippen MR) is 143 cm³/mol. The number of pyridine rings is 2. The number of halogens is 1. The molecule has 0 aliphatic carbocycles. The van der Waals surface area contributed by atoms with E-state index in [2.05, 4.69) is 52.9 Å². The number of rotatable bonds is 4. The Hall–Kier alpha value is -4.10. The number of carbonyl (C=O) groups is 1. The van der Waals surface area contributed by atoms with Gasteiger partial charge in [0, 0.05) is 47.5 Å². The van der Waals surface area contributed by atoms with Crippen molar-refractivity contribution >= 4 is 50.2 Å². The SMILES string of the molecule is N#Cc1cc(N2C(=O)N(CC3CCN(c4ncnc5ccc(Br)cc45)CC3)Cc3cccnc32)ccn1. The highest BCUT2D eigenvalue weighted by Crippen LogP contribution is 2.35. The van der Waals surface area contributed by atoms with Crippen LogP contribution >= 0.6 is 15.9 Å². The van der Waals surface area contributed by atoms with Crippen molar-refractivity contribution in [3.05, 3.63) is 76.9 Å². The summed E-state index contributed by atoms with van der Waals surface area (Å²) in [4.78, 5) is 37.1. The fourth-order valence-corrected chi connectivity index (χ4v) is 5.52. The molecular formula is C27H23BrN8O. The first-order valence-electron chi connectivity index (χ1n) is 12.1. The number of hydrogen-bond acceptors (Lipinski definition) is 7. The van der Waals surface area contributed by atoms with Crippen molar-refractivity contribution in [3.8, 4) is 6.07 Å². The molecule has 4 aromatic rings. The summed E-state index contributed by atoms with van der Waals surface area (Å²) in [6.45, 7) is 2.90. The largest absolute Gasteiger partial charge is 0.356 e. The topological polar surface area (TPSA) is 102 Å². The van der Waals surface area contributed by atoms with Gasteiger partial charge in [0.05, 0.1) is 17.7 Å². The first-order valence-corrected chi connectivity index (χ1v) is 12.9. The zero-order chi connectivity index (χ0) is 25.4. The van der Waals surface area contributed by atoms with Gasteiger partial charge in [-0.2, -0.15) is 5.26 Å². The first kappa shape index (κ1) is 23.3. The number of nitriles is 1. The Balaban J connectivity index is 1.20. The standard InChI is InChI=1S/C27H23BrN8O/c28-20-3-4-24-23(12-20)26(33-17-32-24)34-10-6-18(7-11-34)15-35-16-19-2-1-8-31-25(19)36(27(35)37)22-5-9-30-21(13-22)14-29/h1-5,8-9,12-13,17-18H,6-7,10-11,15-16H2. The average Bonchev–Trinajstić information content (AvgIpc) is 2.93. The quantitative estimate of drug-likeness (QED) is 0.348. The molecule has 2 aliphatic rings. The summed E-state index contributed by atoms with van der Waals surface area (Å²) in [7, 11) is 0. The molecule has 0 saturated carbocycles. The van der Waals surface area contributed by atoms with E-state index in [1.807, 2.05) is 29.2 Å². The number of fused-ring (bicyclic) bond motifs is 2. The minimum Gasteiger partial charge on any atom is -0.356 e. The lowest BCUT2D eigenvalue weighted by Gasteiger charge is -2.40. The number of benzene rings is 1. The number of anilines is 3. The molecule has 2 amide bonds. The Labute approximate surface area is 222 Å². The molecule has 6 rings (SSSR count). The van der Waals surface area contributed by atoms with Crippen LogP contribution in [0.4, 0.5) is 22.1 Å². The van der Waals surface area contributed by atoms with Gasteiger partial charge in [-0.25, -0.2) is 29.6 Å². The molecular weight excluding hydrogens is 532 g/mol. The molecule has 0 spiro atoms. The number of piperidine rings is 1. The van der Waals surface area contributed by atoms with E-state index in [0.717, 1.165) is 52.7 Å². The normalized spacial score (nSPS) is 16.1. The summed E-state index contributed by atoms with van der Waals surface area (Å²) in [6.07, 6.45) is 6.77. The molecule has 1 saturated heterocycles. The molecule has 10 heteroatoms. The van der Waals surface area contributed by atoms with Gasteiger partial charge in [-0.05, 0) is 55.2 Å². The van der Waals surface area contributed by atoms with E-state index in [1.54, 1.807) is 35.8 Å². The number of hydrogen-bond donors (Lipinski definition) is 0. The van der Waals surface area contributed by atoms with Gasteiger partial charge in [-0.3, -0.25) is 0 Å². The lowest BCUT2D eigenvalue weighted by Crippen LogP contribution is -2.48. The van der Waals surface area contributed by atoms with Crippen LogP contribution in [0, 0.1) is 17.2 Å². The lowest BCUT2D eigenvalue weighted by molar-refractivity contribution is 0.183. The number of aromatic nitrogens is 4. The highest BCUT2D eigenvalue weighted by Gasteiger charge is 2.34. The molecule has 0 unspecified atom stereocenters. The third kappa shape index (κ3) is 4.47. The Bertz CT molecular complexity index is 1530. The molecule has 1 fully saturated rings. The molecule has 37 heavy (non-hydrogen) atoms. The minimum absolute atomic E-state index is 0.129. The van der Waals surface area contributed by atoms with Crippen LogP contribution in [0.2, 0.25) is 0 Å². The summed E-state index contributed by atoms with van der Waals surface area (Å²) in [6, 6.07) is 15.2. The molecule has 0 bridgehead atoms. The highest BCUT2D eigenvalue weighted by atomic mass is 79.9. The number of amides is 2. The second-order valence-electron chi connectivity index (χ2n) is 9.28. The summed E-state index contributed by atoms with van der Waals surface area (Å²) in [5.41, 5.74) is 2.76. The molecule has 2 aliphatic heterocycles. The van der Waals surface area contributed by atoms with E-state index in [-0.39, 0.29) is 11.7 Å². The molecule has 1 aromatic carbocycles. The number of nitrogens with zero attached hydrogens (tertiary/aromatic N) is 8. The molecule has 184 valence electrons. The summed E-state index contributed by atoms with van der Waals surface area (Å²) >= 11 is 3.56. The zero-order valence-electron chi connectivity index (χ0n) is 20.0. The average molecular weight is 555 g/mol. The van der Waals surface area contributed by atoms with Gasteiger partial charge >= 0.3 is 6.03 Å². The summed E-state index contributed by atoms with van der Waals surface area (Å²) < 4.78 is 1.00. The van der Waals surface area contributed by atoms with Gasteiger partial charge in [0.2, 0.25) is 0 Å². The van der Waals surface area contributed by atoms with Crippen LogP contribution in [-0.2, 0) is 6.54 Å². The fourth-order valence-electron chi connectivity index (χ4n) is 5.16. The van der Waals surface area contributed by atoms with Crippen LogP contribution in [0.25, 0.3) is 10.9 Å². The lowest BCUT2D eigenvalue weighted by atomic mass is 9.95. The van der Waals surface area contributed by atoms with Gasteiger partial charge in [0.25, 0.3) is 0 Å². The van der Waals surface area contributed by atoms with Gasteiger partial charge < -0.3 is 9.80 Å². The maximum atomic E-state index is 13.7. The molecule has 0 N–H and O–H groups in total. The molecule has 5 heterocycles. The van der Waals surface area contributed by atoms with E-state index in [0.29, 0.717) is 30.5 Å². The maximum Gasteiger partial charge on any atom is 0.330 e. The third-order valence-electron chi connectivity index (χ3n) is 6.99. The second-order valence-corrected chi connectivity index (χ2v) is 10.2. The van der Waals surface area contributed by atoms with Crippen LogP contribution in [0.1, 0.15) is 24.1 Å². The van der Waals surface area contributed by atoms with Gasteiger partial charge in [-0.1, -0.05) is 22.0 Å². The predicted octanol–water partition coefficient (Wildman–Crippen LogP) is 5.04. The number of urea groups is 1. The number of carbonyl (C=O) groups excluding carboxylic acids is 1. The Morgan fingerprint density at radius 1 is 1.00 bits per heavy atom. The molecule has 3 aromatic heterocycles. The molecule has 0 atom stereocenters. The van der Waals surface area contributed by atoms with Crippen LogP contribution in [0.3, 0.4) is 0 Å². The van der Waals surface area contributed by atoms with Crippen molar-refractivity contribution in [2.45, 2.75) is 19.4 Å². The van der Waals surface area contributed by atoms with E-state index in [4.69, 9.17) is 0 Å².